The van der Waals surface area contributed by atoms with Gasteiger partial charge in [0.05, 0.1) is 0 Å². The van der Waals surface area contributed by atoms with Crippen LogP contribution in [0.2, 0.25) is 0 Å². The Morgan fingerprint density at radius 1 is 1.41 bits per heavy atom. The Hall–Kier alpha value is -1.06. The molecule has 1 N–H and O–H groups in total. The second-order valence-electron chi connectivity index (χ2n) is 5.69. The first-order valence-corrected chi connectivity index (χ1v) is 6.58. The highest BCUT2D eigenvalue weighted by Crippen LogP contribution is 2.32. The van der Waals surface area contributed by atoms with Crippen LogP contribution in [0, 0.1) is 5.92 Å². The first-order chi connectivity index (χ1) is 7.96. The fourth-order valence-corrected chi connectivity index (χ4v) is 2.39. The van der Waals surface area contributed by atoms with Crippen LogP contribution in [0.1, 0.15) is 46.5 Å². The lowest BCUT2D eigenvalue weighted by atomic mass is 9.97. The highest BCUT2D eigenvalue weighted by Gasteiger charge is 2.43. The molecule has 2 unspecified atom stereocenters. The smallest absolute Gasteiger partial charge is 0.248 e. The van der Waals surface area contributed by atoms with Gasteiger partial charge in [-0.05, 0) is 39.0 Å². The Morgan fingerprint density at radius 2 is 2.06 bits per heavy atom. The molecule has 2 rings (SSSR count). The van der Waals surface area contributed by atoms with Crippen molar-refractivity contribution < 1.29 is 9.59 Å². The topological polar surface area (TPSA) is 49.4 Å². The summed E-state index contributed by atoms with van der Waals surface area (Å²) in [6.07, 6.45) is 3.51. The summed E-state index contributed by atoms with van der Waals surface area (Å²) < 4.78 is 0. The van der Waals surface area contributed by atoms with E-state index >= 15 is 0 Å². The Balaban J connectivity index is 2.21. The van der Waals surface area contributed by atoms with Crippen molar-refractivity contribution in [1.29, 1.82) is 0 Å². The molecule has 0 aromatic carbocycles. The number of rotatable bonds is 3. The molecule has 2 atom stereocenters. The fourth-order valence-electron chi connectivity index (χ4n) is 2.39. The molecule has 2 fully saturated rings. The molecule has 0 bridgehead atoms. The van der Waals surface area contributed by atoms with Crippen molar-refractivity contribution in [3.05, 3.63) is 0 Å². The summed E-state index contributed by atoms with van der Waals surface area (Å²) in [5.74, 6) is 0.745. The molecule has 2 amide bonds. The Bertz CT molecular complexity index is 338. The van der Waals surface area contributed by atoms with Crippen LogP contribution in [0.15, 0.2) is 0 Å². The monoisotopic (exact) mass is 238 g/mol. The number of hydrogen-bond donors (Lipinski definition) is 1. The van der Waals surface area contributed by atoms with Crippen molar-refractivity contribution in [2.75, 3.05) is 6.54 Å². The predicted molar refractivity (Wildman–Crippen MR) is 65.4 cm³/mol. The number of nitrogens with one attached hydrogen (secondary N) is 1. The van der Waals surface area contributed by atoms with E-state index in [1.54, 1.807) is 0 Å². The standard InChI is InChI=1S/C13H22N2O2/c1-4-13(3)12(17)15(8-10-5-6-10)9(2)7-11(16)14-13/h9-10H,4-8H2,1-3H3,(H,14,16). The van der Waals surface area contributed by atoms with E-state index in [1.807, 2.05) is 25.7 Å². The molecule has 96 valence electrons. The zero-order chi connectivity index (χ0) is 12.6. The zero-order valence-corrected chi connectivity index (χ0v) is 11.0. The maximum atomic E-state index is 12.5. The van der Waals surface area contributed by atoms with Crippen molar-refractivity contribution in [1.82, 2.24) is 10.2 Å². The number of carbonyl (C=O) groups is 2. The molecule has 0 spiro atoms. The van der Waals surface area contributed by atoms with Crippen LogP contribution >= 0.6 is 0 Å². The summed E-state index contributed by atoms with van der Waals surface area (Å²) in [5.41, 5.74) is -0.712. The summed E-state index contributed by atoms with van der Waals surface area (Å²) in [5, 5.41) is 2.88. The third-order valence-corrected chi connectivity index (χ3v) is 4.02. The van der Waals surface area contributed by atoms with E-state index in [0.29, 0.717) is 18.8 Å². The van der Waals surface area contributed by atoms with E-state index < -0.39 is 5.54 Å². The molecule has 1 saturated carbocycles. The summed E-state index contributed by atoms with van der Waals surface area (Å²) in [6, 6.07) is 0.0245. The third kappa shape index (κ3) is 2.45. The van der Waals surface area contributed by atoms with E-state index in [4.69, 9.17) is 0 Å². The maximum absolute atomic E-state index is 12.5. The van der Waals surface area contributed by atoms with E-state index in [0.717, 1.165) is 6.54 Å². The third-order valence-electron chi connectivity index (χ3n) is 4.02. The minimum Gasteiger partial charge on any atom is -0.342 e. The van der Waals surface area contributed by atoms with E-state index in [-0.39, 0.29) is 17.9 Å². The van der Waals surface area contributed by atoms with Crippen molar-refractivity contribution in [3.63, 3.8) is 0 Å². The molecule has 1 heterocycles. The van der Waals surface area contributed by atoms with Gasteiger partial charge in [0.25, 0.3) is 0 Å². The molecule has 4 nitrogen and oxygen atoms in total. The number of carbonyl (C=O) groups excluding carboxylic acids is 2. The summed E-state index contributed by atoms with van der Waals surface area (Å²) in [6.45, 7) is 6.58. The highest BCUT2D eigenvalue weighted by molar-refractivity contribution is 5.93. The lowest BCUT2D eigenvalue weighted by Crippen LogP contribution is -2.55. The van der Waals surface area contributed by atoms with Gasteiger partial charge < -0.3 is 10.2 Å². The van der Waals surface area contributed by atoms with Crippen molar-refractivity contribution in [3.8, 4) is 0 Å². The normalized spacial score (nSPS) is 34.5. The van der Waals surface area contributed by atoms with Gasteiger partial charge in [-0.3, -0.25) is 9.59 Å². The average Bonchev–Trinajstić information content (AvgIpc) is 3.07. The van der Waals surface area contributed by atoms with Gasteiger partial charge in [-0.2, -0.15) is 0 Å². The second kappa shape index (κ2) is 4.31. The minimum atomic E-state index is -0.712. The second-order valence-corrected chi connectivity index (χ2v) is 5.69. The minimum absolute atomic E-state index is 0.00602. The van der Waals surface area contributed by atoms with Gasteiger partial charge in [0, 0.05) is 19.0 Å². The van der Waals surface area contributed by atoms with Gasteiger partial charge in [0.15, 0.2) is 0 Å². The van der Waals surface area contributed by atoms with Crippen molar-refractivity contribution in [2.45, 2.75) is 58.0 Å². The Morgan fingerprint density at radius 3 is 2.59 bits per heavy atom. The van der Waals surface area contributed by atoms with Crippen LogP contribution in [0.25, 0.3) is 0 Å². The maximum Gasteiger partial charge on any atom is 0.248 e. The van der Waals surface area contributed by atoms with E-state index in [9.17, 15) is 9.59 Å². The van der Waals surface area contributed by atoms with Crippen LogP contribution in [0.3, 0.4) is 0 Å². The molecule has 1 saturated heterocycles. The molecule has 1 aliphatic carbocycles. The molecular weight excluding hydrogens is 216 g/mol. The van der Waals surface area contributed by atoms with Gasteiger partial charge in [0.1, 0.15) is 5.54 Å². The molecule has 1 aliphatic heterocycles. The van der Waals surface area contributed by atoms with Crippen molar-refractivity contribution >= 4 is 11.8 Å². The van der Waals surface area contributed by atoms with Crippen LogP contribution in [0.4, 0.5) is 0 Å². The summed E-state index contributed by atoms with van der Waals surface area (Å²) >= 11 is 0. The Kier molecular flexibility index (Phi) is 3.15. The predicted octanol–water partition coefficient (Wildman–Crippen LogP) is 1.30. The molecular formula is C13H22N2O2. The summed E-state index contributed by atoms with van der Waals surface area (Å²) in [4.78, 5) is 26.2. The molecule has 2 aliphatic rings. The molecule has 17 heavy (non-hydrogen) atoms. The molecule has 0 aromatic rings. The van der Waals surface area contributed by atoms with E-state index in [2.05, 4.69) is 5.32 Å². The van der Waals surface area contributed by atoms with Crippen LogP contribution < -0.4 is 5.32 Å². The first kappa shape index (κ1) is 12.4. The van der Waals surface area contributed by atoms with Crippen LogP contribution in [-0.4, -0.2) is 34.8 Å². The van der Waals surface area contributed by atoms with Gasteiger partial charge in [-0.25, -0.2) is 0 Å². The van der Waals surface area contributed by atoms with Crippen molar-refractivity contribution in [2.24, 2.45) is 5.92 Å². The number of amides is 2. The quantitative estimate of drug-likeness (QED) is 0.805. The first-order valence-electron chi connectivity index (χ1n) is 6.58. The van der Waals surface area contributed by atoms with Gasteiger partial charge in [-0.15, -0.1) is 0 Å². The van der Waals surface area contributed by atoms with Crippen LogP contribution in [0.5, 0.6) is 0 Å². The largest absolute Gasteiger partial charge is 0.342 e. The number of nitrogens with zero attached hydrogens (tertiary/aromatic N) is 1. The molecule has 0 aromatic heterocycles. The lowest BCUT2D eigenvalue weighted by molar-refractivity contribution is -0.139. The SMILES string of the molecule is CCC1(C)NC(=O)CC(C)N(CC2CC2)C1=O. The van der Waals surface area contributed by atoms with Gasteiger partial charge >= 0.3 is 0 Å². The fraction of sp³-hybridized carbons (Fsp3) is 0.846. The molecule has 0 radical (unpaired) electrons. The lowest BCUT2D eigenvalue weighted by Gasteiger charge is -2.33. The number of hydrogen-bond acceptors (Lipinski definition) is 2. The van der Waals surface area contributed by atoms with Crippen LogP contribution in [-0.2, 0) is 9.59 Å². The Labute approximate surface area is 103 Å². The average molecular weight is 238 g/mol. The highest BCUT2D eigenvalue weighted by atomic mass is 16.2. The molecule has 4 heteroatoms. The van der Waals surface area contributed by atoms with Gasteiger partial charge in [-0.1, -0.05) is 6.92 Å². The van der Waals surface area contributed by atoms with E-state index in [1.165, 1.54) is 12.8 Å². The van der Waals surface area contributed by atoms with Gasteiger partial charge in [0.2, 0.25) is 11.8 Å². The summed E-state index contributed by atoms with van der Waals surface area (Å²) in [7, 11) is 0. The zero-order valence-electron chi connectivity index (χ0n) is 11.0.